The van der Waals surface area contributed by atoms with E-state index < -0.39 is 17.4 Å². The largest absolute Gasteiger partial charge is 0.480 e. The summed E-state index contributed by atoms with van der Waals surface area (Å²) in [6.07, 6.45) is 6.64. The van der Waals surface area contributed by atoms with Crippen LogP contribution >= 0.6 is 31.9 Å². The van der Waals surface area contributed by atoms with Crippen molar-refractivity contribution in [3.8, 4) is 17.2 Å². The molecule has 3 aromatic heterocycles. The van der Waals surface area contributed by atoms with Crippen molar-refractivity contribution in [2.24, 2.45) is 5.41 Å². The number of aliphatic carboxylic acids is 1. The first kappa shape index (κ1) is 25.1. The lowest BCUT2D eigenvalue weighted by Gasteiger charge is -2.46. The second kappa shape index (κ2) is 9.81. The first-order valence-corrected chi connectivity index (χ1v) is 14.2. The van der Waals surface area contributed by atoms with Gasteiger partial charge in [0.25, 0.3) is 0 Å². The number of carboxylic acids is 1. The molecule has 2 aliphatic rings. The van der Waals surface area contributed by atoms with Crippen LogP contribution in [0.3, 0.4) is 0 Å². The van der Waals surface area contributed by atoms with E-state index in [9.17, 15) is 14.7 Å². The van der Waals surface area contributed by atoms with Gasteiger partial charge in [-0.05, 0) is 86.7 Å². The minimum absolute atomic E-state index is 0.0965. The number of rotatable bonds is 7. The van der Waals surface area contributed by atoms with E-state index in [1.54, 1.807) is 6.20 Å². The van der Waals surface area contributed by atoms with Crippen LogP contribution in [-0.2, 0) is 16.0 Å². The van der Waals surface area contributed by atoms with E-state index in [0.717, 1.165) is 76.3 Å². The van der Waals surface area contributed by atoms with Crippen LogP contribution in [0.4, 0.5) is 0 Å². The van der Waals surface area contributed by atoms with E-state index in [1.165, 1.54) is 0 Å². The first-order chi connectivity index (χ1) is 18.4. The normalized spacial score (nSPS) is 17.6. The predicted molar refractivity (Wildman–Crippen MR) is 151 cm³/mol. The second-order valence-electron chi connectivity index (χ2n) is 9.90. The van der Waals surface area contributed by atoms with Crippen molar-refractivity contribution in [1.82, 2.24) is 24.8 Å². The zero-order valence-electron chi connectivity index (χ0n) is 20.4. The number of Topliss-reactive ketones (excluding diaryl/α,β-unsaturated/α-hetero) is 1. The number of halogens is 2. The quantitative estimate of drug-likeness (QED) is 0.232. The molecular weight excluding hydrogens is 614 g/mol. The fourth-order valence-corrected chi connectivity index (χ4v) is 6.87. The summed E-state index contributed by atoms with van der Waals surface area (Å²) in [5.74, 6) is -0.123. The highest BCUT2D eigenvalue weighted by Gasteiger charge is 2.53. The SMILES string of the molecule is O=C(O)[C@H](Cc1ccc(-n2c(-c3ccc(Br)[nH]3)nc3cccnc32)cc1)NC1=C(Br)C(=O)C12CCCCC2. The Bertz CT molecular complexity index is 1580. The molecule has 1 spiro atoms. The molecular formula is C28H25Br2N5O3. The Hall–Kier alpha value is -3.24. The number of aromatic amines is 1. The molecule has 3 N–H and O–H groups in total. The molecule has 1 saturated carbocycles. The number of carboxylic acid groups (broad SMARTS) is 1. The van der Waals surface area contributed by atoms with Gasteiger partial charge in [-0.2, -0.15) is 0 Å². The molecule has 8 nitrogen and oxygen atoms in total. The number of hydrogen-bond donors (Lipinski definition) is 3. The molecule has 0 amide bonds. The van der Waals surface area contributed by atoms with Crippen molar-refractivity contribution >= 4 is 54.8 Å². The van der Waals surface area contributed by atoms with Crippen LogP contribution in [-0.4, -0.2) is 42.4 Å². The summed E-state index contributed by atoms with van der Waals surface area (Å²) in [4.78, 5) is 37.6. The summed E-state index contributed by atoms with van der Waals surface area (Å²) >= 11 is 6.87. The summed E-state index contributed by atoms with van der Waals surface area (Å²) in [6, 6.07) is 14.6. The molecule has 0 aliphatic heterocycles. The zero-order chi connectivity index (χ0) is 26.4. The number of carbonyl (C=O) groups excluding carboxylic acids is 1. The fourth-order valence-electron chi connectivity index (χ4n) is 5.65. The summed E-state index contributed by atoms with van der Waals surface area (Å²) in [7, 11) is 0. The van der Waals surface area contributed by atoms with Gasteiger partial charge in [-0.1, -0.05) is 31.4 Å². The molecule has 0 radical (unpaired) electrons. The lowest BCUT2D eigenvalue weighted by Crippen LogP contribution is -2.53. The van der Waals surface area contributed by atoms with E-state index in [-0.39, 0.29) is 12.2 Å². The Balaban J connectivity index is 1.28. The van der Waals surface area contributed by atoms with Gasteiger partial charge in [0.05, 0.1) is 20.2 Å². The molecule has 6 rings (SSSR count). The molecule has 4 aromatic rings. The van der Waals surface area contributed by atoms with Crippen molar-refractivity contribution in [1.29, 1.82) is 0 Å². The zero-order valence-corrected chi connectivity index (χ0v) is 23.5. The summed E-state index contributed by atoms with van der Waals surface area (Å²) in [5.41, 5.74) is 4.30. The molecule has 38 heavy (non-hydrogen) atoms. The van der Waals surface area contributed by atoms with Crippen LogP contribution in [0, 0.1) is 5.41 Å². The Morgan fingerprint density at radius 3 is 2.55 bits per heavy atom. The van der Waals surface area contributed by atoms with Crippen LogP contribution in [0.1, 0.15) is 37.7 Å². The summed E-state index contributed by atoms with van der Waals surface area (Å²) < 4.78 is 3.33. The van der Waals surface area contributed by atoms with Crippen LogP contribution in [0.5, 0.6) is 0 Å². The monoisotopic (exact) mass is 637 g/mol. The Morgan fingerprint density at radius 2 is 1.87 bits per heavy atom. The average molecular weight is 639 g/mol. The molecule has 194 valence electrons. The van der Waals surface area contributed by atoms with Crippen molar-refractivity contribution in [2.75, 3.05) is 0 Å². The van der Waals surface area contributed by atoms with E-state index in [0.29, 0.717) is 4.48 Å². The van der Waals surface area contributed by atoms with E-state index in [4.69, 9.17) is 4.98 Å². The van der Waals surface area contributed by atoms with Crippen molar-refractivity contribution in [3.05, 3.63) is 75.1 Å². The number of fused-ring (bicyclic) bond motifs is 1. The van der Waals surface area contributed by atoms with Gasteiger partial charge in [-0.3, -0.25) is 9.36 Å². The Kier molecular flexibility index (Phi) is 6.47. The molecule has 1 atom stereocenters. The lowest BCUT2D eigenvalue weighted by atomic mass is 9.62. The summed E-state index contributed by atoms with van der Waals surface area (Å²) in [5, 5.41) is 13.2. The molecule has 1 aromatic carbocycles. The third kappa shape index (κ3) is 4.19. The van der Waals surface area contributed by atoms with E-state index >= 15 is 0 Å². The molecule has 0 unspecified atom stereocenters. The minimum atomic E-state index is -0.948. The Morgan fingerprint density at radius 1 is 1.11 bits per heavy atom. The number of nitrogens with zero attached hydrogens (tertiary/aromatic N) is 3. The van der Waals surface area contributed by atoms with Gasteiger partial charge in [0, 0.05) is 24.0 Å². The van der Waals surface area contributed by atoms with Crippen LogP contribution in [0.2, 0.25) is 0 Å². The number of allylic oxidation sites excluding steroid dienone is 2. The highest BCUT2D eigenvalue weighted by atomic mass is 79.9. The number of imidazole rings is 1. The maximum Gasteiger partial charge on any atom is 0.326 e. The number of carbonyl (C=O) groups is 2. The molecule has 2 aliphatic carbocycles. The highest BCUT2D eigenvalue weighted by molar-refractivity contribution is 9.12. The highest BCUT2D eigenvalue weighted by Crippen LogP contribution is 2.53. The number of aromatic nitrogens is 4. The van der Waals surface area contributed by atoms with Gasteiger partial charge in [0.1, 0.15) is 11.6 Å². The smallest absolute Gasteiger partial charge is 0.326 e. The maximum absolute atomic E-state index is 12.7. The van der Waals surface area contributed by atoms with Crippen molar-refractivity contribution in [3.63, 3.8) is 0 Å². The van der Waals surface area contributed by atoms with Gasteiger partial charge in [-0.25, -0.2) is 14.8 Å². The lowest BCUT2D eigenvalue weighted by molar-refractivity contribution is -0.140. The molecule has 0 saturated heterocycles. The molecule has 3 heterocycles. The second-order valence-corrected chi connectivity index (χ2v) is 11.6. The van der Waals surface area contributed by atoms with Crippen LogP contribution in [0.25, 0.3) is 28.4 Å². The fraction of sp³-hybridized carbons (Fsp3) is 0.286. The maximum atomic E-state index is 12.7. The minimum Gasteiger partial charge on any atom is -0.480 e. The first-order valence-electron chi connectivity index (χ1n) is 12.6. The van der Waals surface area contributed by atoms with Crippen molar-refractivity contribution < 1.29 is 14.7 Å². The van der Waals surface area contributed by atoms with Gasteiger partial charge in [0.15, 0.2) is 17.3 Å². The standard InChI is InChI=1S/C28H25Br2N5O3/c29-21-11-10-19(32-21)26-34-18-5-4-14-31-25(18)35(26)17-8-6-16(7-9-17)15-20(27(37)38)33-23-22(30)24(36)28(23)12-2-1-3-13-28/h4-11,14,20,32-33H,1-3,12-13,15H2,(H,37,38)/t20-/m0/s1. The third-order valence-electron chi connectivity index (χ3n) is 7.60. The summed E-state index contributed by atoms with van der Waals surface area (Å²) in [6.45, 7) is 0. The number of ketones is 1. The number of pyridine rings is 1. The molecule has 10 heteroatoms. The van der Waals surface area contributed by atoms with Gasteiger partial charge in [0.2, 0.25) is 0 Å². The van der Waals surface area contributed by atoms with Gasteiger partial charge in [-0.15, -0.1) is 0 Å². The number of hydrogen-bond acceptors (Lipinski definition) is 5. The van der Waals surface area contributed by atoms with E-state index in [2.05, 4.69) is 47.1 Å². The van der Waals surface area contributed by atoms with Gasteiger partial charge >= 0.3 is 5.97 Å². The number of H-pyrrole nitrogens is 1. The topological polar surface area (TPSA) is 113 Å². The average Bonchev–Trinajstić information content (AvgIpc) is 3.54. The van der Waals surface area contributed by atoms with Crippen molar-refractivity contribution in [2.45, 2.75) is 44.6 Å². The van der Waals surface area contributed by atoms with Gasteiger partial charge < -0.3 is 15.4 Å². The number of nitrogens with one attached hydrogen (secondary N) is 2. The predicted octanol–water partition coefficient (Wildman–Crippen LogP) is 5.90. The third-order valence-corrected chi connectivity index (χ3v) is 8.82. The molecule has 0 bridgehead atoms. The van der Waals surface area contributed by atoms with Crippen LogP contribution in [0.15, 0.2) is 69.5 Å². The van der Waals surface area contributed by atoms with E-state index in [1.807, 2.05) is 53.1 Å². The van der Waals surface area contributed by atoms with Crippen LogP contribution < -0.4 is 5.32 Å². The Labute approximate surface area is 235 Å². The molecule has 1 fully saturated rings. The number of benzene rings is 1.